The monoisotopic (exact) mass is 226 g/mol. The molecule has 0 unspecified atom stereocenters. The number of methoxy groups -OCH3 is 2. The van der Waals surface area contributed by atoms with Crippen molar-refractivity contribution in [3.8, 4) is 17.2 Å². The second-order valence-corrected chi connectivity index (χ2v) is 2.98. The van der Waals surface area contributed by atoms with Crippen LogP contribution in [0.3, 0.4) is 0 Å². The van der Waals surface area contributed by atoms with Crippen LogP contribution in [0.15, 0.2) is 18.2 Å². The van der Waals surface area contributed by atoms with Crippen molar-refractivity contribution in [1.29, 1.82) is 0 Å². The van der Waals surface area contributed by atoms with Crippen molar-refractivity contribution >= 4 is 5.97 Å². The Morgan fingerprint density at radius 1 is 1.25 bits per heavy atom. The minimum absolute atomic E-state index is 0.0552. The number of aliphatic carboxylic acids is 1. The molecular weight excluding hydrogens is 212 g/mol. The number of hydrogen-bond donors (Lipinski definition) is 1. The number of para-hydroxylation sites is 1. The van der Waals surface area contributed by atoms with Crippen molar-refractivity contribution in [2.75, 3.05) is 20.8 Å². The smallest absolute Gasteiger partial charge is 0.306 e. The van der Waals surface area contributed by atoms with E-state index in [1.165, 1.54) is 14.2 Å². The van der Waals surface area contributed by atoms with Gasteiger partial charge >= 0.3 is 5.97 Å². The predicted molar refractivity (Wildman–Crippen MR) is 57.3 cm³/mol. The highest BCUT2D eigenvalue weighted by atomic mass is 16.5. The van der Waals surface area contributed by atoms with E-state index >= 15 is 0 Å². The Hall–Kier alpha value is -1.91. The maximum Gasteiger partial charge on any atom is 0.306 e. The molecule has 0 radical (unpaired) electrons. The van der Waals surface area contributed by atoms with Crippen LogP contribution >= 0.6 is 0 Å². The van der Waals surface area contributed by atoms with E-state index in [0.29, 0.717) is 17.2 Å². The molecule has 16 heavy (non-hydrogen) atoms. The molecule has 0 aliphatic carbocycles. The summed E-state index contributed by atoms with van der Waals surface area (Å²) in [4.78, 5) is 10.3. The molecule has 0 amide bonds. The molecule has 0 aliphatic rings. The first-order valence-electron chi connectivity index (χ1n) is 4.74. The summed E-state index contributed by atoms with van der Waals surface area (Å²) in [7, 11) is 3.03. The zero-order chi connectivity index (χ0) is 12.0. The predicted octanol–water partition coefficient (Wildman–Crippen LogP) is 1.56. The van der Waals surface area contributed by atoms with E-state index in [2.05, 4.69) is 0 Å². The van der Waals surface area contributed by atoms with Crippen LogP contribution in [-0.4, -0.2) is 31.9 Å². The van der Waals surface area contributed by atoms with E-state index in [0.717, 1.165) is 0 Å². The third kappa shape index (κ3) is 3.05. The average Bonchev–Trinajstić information content (AvgIpc) is 2.28. The van der Waals surface area contributed by atoms with E-state index in [-0.39, 0.29) is 13.0 Å². The lowest BCUT2D eigenvalue weighted by Crippen LogP contribution is -2.05. The quantitative estimate of drug-likeness (QED) is 0.797. The Kier molecular flexibility index (Phi) is 4.44. The van der Waals surface area contributed by atoms with E-state index in [4.69, 9.17) is 19.3 Å². The van der Waals surface area contributed by atoms with Gasteiger partial charge in [-0.25, -0.2) is 0 Å². The van der Waals surface area contributed by atoms with E-state index in [1.54, 1.807) is 18.2 Å². The average molecular weight is 226 g/mol. The Morgan fingerprint density at radius 2 is 1.94 bits per heavy atom. The summed E-state index contributed by atoms with van der Waals surface area (Å²) in [6.45, 7) is 0.0961. The van der Waals surface area contributed by atoms with Crippen molar-refractivity contribution in [3.05, 3.63) is 18.2 Å². The normalized spacial score (nSPS) is 9.62. The number of carboxylic acid groups (broad SMARTS) is 1. The summed E-state index contributed by atoms with van der Waals surface area (Å²) < 4.78 is 15.5. The van der Waals surface area contributed by atoms with Crippen molar-refractivity contribution < 1.29 is 24.1 Å². The highest BCUT2D eigenvalue weighted by Gasteiger charge is 2.10. The number of hydrogen-bond acceptors (Lipinski definition) is 4. The van der Waals surface area contributed by atoms with Gasteiger partial charge in [0.1, 0.15) is 0 Å². The standard InChI is InChI=1S/C11H14O5/c1-14-8-4-3-5-9(11(8)15-2)16-7-6-10(12)13/h3-5H,6-7H2,1-2H3,(H,12,13). The van der Waals surface area contributed by atoms with Gasteiger partial charge in [0.25, 0.3) is 0 Å². The van der Waals surface area contributed by atoms with Crippen LogP contribution < -0.4 is 14.2 Å². The topological polar surface area (TPSA) is 65.0 Å². The Bertz CT molecular complexity index is 361. The van der Waals surface area contributed by atoms with E-state index < -0.39 is 5.97 Å². The van der Waals surface area contributed by atoms with Gasteiger partial charge in [0.15, 0.2) is 11.5 Å². The van der Waals surface area contributed by atoms with Crippen molar-refractivity contribution in [2.24, 2.45) is 0 Å². The summed E-state index contributed by atoms with van der Waals surface area (Å²) in [5.41, 5.74) is 0. The Morgan fingerprint density at radius 3 is 2.50 bits per heavy atom. The van der Waals surface area contributed by atoms with Gasteiger partial charge in [0.2, 0.25) is 5.75 Å². The maximum absolute atomic E-state index is 10.3. The van der Waals surface area contributed by atoms with Crippen LogP contribution in [0.2, 0.25) is 0 Å². The van der Waals surface area contributed by atoms with Gasteiger partial charge in [0.05, 0.1) is 27.2 Å². The molecule has 0 spiro atoms. The van der Waals surface area contributed by atoms with Crippen LogP contribution in [-0.2, 0) is 4.79 Å². The molecule has 0 heterocycles. The minimum Gasteiger partial charge on any atom is -0.493 e. The highest BCUT2D eigenvalue weighted by molar-refractivity contribution is 5.66. The fourth-order valence-electron chi connectivity index (χ4n) is 1.22. The van der Waals surface area contributed by atoms with E-state index in [1.807, 2.05) is 0 Å². The van der Waals surface area contributed by atoms with E-state index in [9.17, 15) is 4.79 Å². The molecule has 88 valence electrons. The minimum atomic E-state index is -0.901. The first kappa shape index (κ1) is 12.2. The second-order valence-electron chi connectivity index (χ2n) is 2.98. The van der Waals surface area contributed by atoms with Gasteiger partial charge < -0.3 is 19.3 Å². The SMILES string of the molecule is COc1cccc(OCCC(=O)O)c1OC. The second kappa shape index (κ2) is 5.85. The highest BCUT2D eigenvalue weighted by Crippen LogP contribution is 2.36. The molecular formula is C11H14O5. The van der Waals surface area contributed by atoms with Gasteiger partial charge in [-0.05, 0) is 12.1 Å². The number of carboxylic acids is 1. The summed E-state index contributed by atoms with van der Waals surface area (Å²) in [6.07, 6.45) is -0.0552. The summed E-state index contributed by atoms with van der Waals surface area (Å²) >= 11 is 0. The molecule has 1 N–H and O–H groups in total. The first-order valence-corrected chi connectivity index (χ1v) is 4.74. The molecule has 0 fully saturated rings. The summed E-state index contributed by atoms with van der Waals surface area (Å²) in [6, 6.07) is 5.18. The lowest BCUT2D eigenvalue weighted by molar-refractivity contribution is -0.137. The summed E-state index contributed by atoms with van der Waals surface area (Å²) in [5.74, 6) is 0.593. The van der Waals surface area contributed by atoms with Crippen LogP contribution in [0.1, 0.15) is 6.42 Å². The molecule has 0 bridgehead atoms. The van der Waals surface area contributed by atoms with Gasteiger partial charge in [-0.3, -0.25) is 4.79 Å². The molecule has 1 aromatic carbocycles. The molecule has 1 aromatic rings. The lowest BCUT2D eigenvalue weighted by Gasteiger charge is -2.12. The molecule has 0 saturated carbocycles. The van der Waals surface area contributed by atoms with Crippen LogP contribution in [0.5, 0.6) is 17.2 Å². The van der Waals surface area contributed by atoms with Crippen molar-refractivity contribution in [2.45, 2.75) is 6.42 Å². The number of benzene rings is 1. The number of rotatable bonds is 6. The van der Waals surface area contributed by atoms with Gasteiger partial charge in [-0.2, -0.15) is 0 Å². The third-order valence-electron chi connectivity index (χ3n) is 1.94. The molecule has 0 saturated heterocycles. The molecule has 1 rings (SSSR count). The molecule has 0 aliphatic heterocycles. The van der Waals surface area contributed by atoms with Crippen molar-refractivity contribution in [3.63, 3.8) is 0 Å². The molecule has 5 heteroatoms. The van der Waals surface area contributed by atoms with Crippen molar-refractivity contribution in [1.82, 2.24) is 0 Å². The van der Waals surface area contributed by atoms with Crippen LogP contribution in [0.4, 0.5) is 0 Å². The molecule has 5 nitrogen and oxygen atoms in total. The first-order chi connectivity index (χ1) is 7.69. The van der Waals surface area contributed by atoms with Gasteiger partial charge in [-0.1, -0.05) is 6.07 Å². The Labute approximate surface area is 93.6 Å². The van der Waals surface area contributed by atoms with Gasteiger partial charge in [0, 0.05) is 0 Å². The number of ether oxygens (including phenoxy) is 3. The maximum atomic E-state index is 10.3. The largest absolute Gasteiger partial charge is 0.493 e. The zero-order valence-corrected chi connectivity index (χ0v) is 9.23. The number of carbonyl (C=O) groups is 1. The van der Waals surface area contributed by atoms with Gasteiger partial charge in [-0.15, -0.1) is 0 Å². The molecule has 0 atom stereocenters. The fraction of sp³-hybridized carbons (Fsp3) is 0.364. The van der Waals surface area contributed by atoms with Crippen LogP contribution in [0.25, 0.3) is 0 Å². The lowest BCUT2D eigenvalue weighted by atomic mass is 10.3. The summed E-state index contributed by atoms with van der Waals surface area (Å²) in [5, 5.41) is 8.48. The third-order valence-corrected chi connectivity index (χ3v) is 1.94. The fourth-order valence-corrected chi connectivity index (χ4v) is 1.22. The molecule has 0 aromatic heterocycles. The van der Waals surface area contributed by atoms with Crippen LogP contribution in [0, 0.1) is 0 Å². The Balaban J connectivity index is 2.74. The zero-order valence-electron chi connectivity index (χ0n) is 9.23.